The minimum absolute atomic E-state index is 0.211. The fourth-order valence-electron chi connectivity index (χ4n) is 1.62. The Balaban J connectivity index is 2.31. The molecule has 1 unspecified atom stereocenters. The maximum Gasteiger partial charge on any atom is 0.237 e. The lowest BCUT2D eigenvalue weighted by atomic mass is 10.3. The van der Waals surface area contributed by atoms with E-state index in [4.69, 9.17) is 4.74 Å². The van der Waals surface area contributed by atoms with Gasteiger partial charge >= 0.3 is 0 Å². The monoisotopic (exact) mass is 186 g/mol. The molecule has 1 rings (SSSR count). The molecule has 0 aromatic rings. The number of hydrogen-bond donors (Lipinski definition) is 1. The van der Waals surface area contributed by atoms with E-state index in [-0.39, 0.29) is 12.1 Å². The van der Waals surface area contributed by atoms with Crippen LogP contribution in [0.3, 0.4) is 0 Å². The van der Waals surface area contributed by atoms with Crippen LogP contribution in [0.15, 0.2) is 0 Å². The van der Waals surface area contributed by atoms with Crippen molar-refractivity contribution in [1.29, 1.82) is 0 Å². The molecule has 0 aliphatic carbocycles. The molecule has 76 valence electrons. The van der Waals surface area contributed by atoms with Crippen molar-refractivity contribution in [2.45, 2.75) is 25.9 Å². The minimum atomic E-state index is 0.211. The van der Waals surface area contributed by atoms with Gasteiger partial charge in [-0.15, -0.1) is 0 Å². The van der Waals surface area contributed by atoms with Crippen LogP contribution in [-0.2, 0) is 9.53 Å². The molecule has 0 spiro atoms. The van der Waals surface area contributed by atoms with E-state index < -0.39 is 0 Å². The van der Waals surface area contributed by atoms with E-state index in [1.54, 1.807) is 7.11 Å². The Morgan fingerprint density at radius 2 is 2.46 bits per heavy atom. The zero-order chi connectivity index (χ0) is 9.68. The Labute approximate surface area is 79.2 Å². The quantitative estimate of drug-likeness (QED) is 0.623. The number of carbonyl (C=O) groups is 1. The number of rotatable bonds is 5. The predicted molar refractivity (Wildman–Crippen MR) is 50.3 cm³/mol. The van der Waals surface area contributed by atoms with Gasteiger partial charge in [-0.05, 0) is 12.8 Å². The second kappa shape index (κ2) is 5.19. The SMILES string of the molecule is CCC1NCC(=O)N1CCCOC. The van der Waals surface area contributed by atoms with Crippen molar-refractivity contribution in [3.8, 4) is 0 Å². The number of nitrogens with one attached hydrogen (secondary N) is 1. The van der Waals surface area contributed by atoms with Crippen molar-refractivity contribution in [1.82, 2.24) is 10.2 Å². The molecule has 1 aliphatic rings. The molecule has 0 bridgehead atoms. The van der Waals surface area contributed by atoms with Gasteiger partial charge in [-0.2, -0.15) is 0 Å². The summed E-state index contributed by atoms with van der Waals surface area (Å²) >= 11 is 0. The van der Waals surface area contributed by atoms with Crippen LogP contribution in [0.1, 0.15) is 19.8 Å². The third-order valence-electron chi connectivity index (χ3n) is 2.32. The standard InChI is InChI=1S/C9H18N2O2/c1-3-8-10-7-9(12)11(8)5-4-6-13-2/h8,10H,3-7H2,1-2H3. The highest BCUT2D eigenvalue weighted by molar-refractivity contribution is 5.80. The Kier molecular flexibility index (Phi) is 4.18. The second-order valence-corrected chi connectivity index (χ2v) is 3.24. The van der Waals surface area contributed by atoms with Crippen molar-refractivity contribution < 1.29 is 9.53 Å². The molecule has 13 heavy (non-hydrogen) atoms. The molecule has 4 nitrogen and oxygen atoms in total. The molecule has 4 heteroatoms. The van der Waals surface area contributed by atoms with Crippen molar-refractivity contribution in [3.05, 3.63) is 0 Å². The summed E-state index contributed by atoms with van der Waals surface area (Å²) in [7, 11) is 1.68. The number of hydrogen-bond acceptors (Lipinski definition) is 3. The lowest BCUT2D eigenvalue weighted by molar-refractivity contribution is -0.128. The lowest BCUT2D eigenvalue weighted by Crippen LogP contribution is -2.37. The number of methoxy groups -OCH3 is 1. The van der Waals surface area contributed by atoms with E-state index in [1.165, 1.54) is 0 Å². The van der Waals surface area contributed by atoms with E-state index in [0.717, 1.165) is 26.0 Å². The van der Waals surface area contributed by atoms with Crippen LogP contribution in [0, 0.1) is 0 Å². The van der Waals surface area contributed by atoms with Gasteiger partial charge in [-0.1, -0.05) is 6.92 Å². The highest BCUT2D eigenvalue weighted by atomic mass is 16.5. The molecule has 1 fully saturated rings. The summed E-state index contributed by atoms with van der Waals surface area (Å²) < 4.78 is 4.95. The Morgan fingerprint density at radius 3 is 3.08 bits per heavy atom. The highest BCUT2D eigenvalue weighted by Crippen LogP contribution is 2.08. The zero-order valence-corrected chi connectivity index (χ0v) is 8.38. The van der Waals surface area contributed by atoms with Crippen molar-refractivity contribution in [2.75, 3.05) is 26.8 Å². The van der Waals surface area contributed by atoms with E-state index >= 15 is 0 Å². The summed E-state index contributed by atoms with van der Waals surface area (Å²) in [5.74, 6) is 0.211. The van der Waals surface area contributed by atoms with Gasteiger partial charge in [0.15, 0.2) is 0 Å². The first-order chi connectivity index (χ1) is 6.29. The molecule has 1 atom stereocenters. The van der Waals surface area contributed by atoms with E-state index in [1.807, 2.05) is 4.90 Å². The predicted octanol–water partition coefficient (Wildman–Crippen LogP) is 0.191. The third kappa shape index (κ3) is 2.67. The van der Waals surface area contributed by atoms with Gasteiger partial charge in [0.2, 0.25) is 5.91 Å². The van der Waals surface area contributed by atoms with Gasteiger partial charge in [0.05, 0.1) is 12.7 Å². The van der Waals surface area contributed by atoms with Gasteiger partial charge in [0, 0.05) is 20.3 Å². The van der Waals surface area contributed by atoms with Crippen molar-refractivity contribution >= 4 is 5.91 Å². The van der Waals surface area contributed by atoms with E-state index in [0.29, 0.717) is 6.54 Å². The van der Waals surface area contributed by atoms with Crippen LogP contribution < -0.4 is 5.32 Å². The molecule has 0 aromatic carbocycles. The second-order valence-electron chi connectivity index (χ2n) is 3.24. The average molecular weight is 186 g/mol. The fourth-order valence-corrected chi connectivity index (χ4v) is 1.62. The number of amides is 1. The van der Waals surface area contributed by atoms with Gasteiger partial charge < -0.3 is 9.64 Å². The van der Waals surface area contributed by atoms with Crippen molar-refractivity contribution in [3.63, 3.8) is 0 Å². The maximum atomic E-state index is 11.4. The number of carbonyl (C=O) groups excluding carboxylic acids is 1. The normalized spacial score (nSPS) is 22.8. The topological polar surface area (TPSA) is 41.6 Å². The van der Waals surface area contributed by atoms with Crippen LogP contribution >= 0.6 is 0 Å². The summed E-state index contributed by atoms with van der Waals surface area (Å²) in [6, 6.07) is 0. The molecule has 1 heterocycles. The Morgan fingerprint density at radius 1 is 1.69 bits per heavy atom. The zero-order valence-electron chi connectivity index (χ0n) is 8.38. The minimum Gasteiger partial charge on any atom is -0.385 e. The molecule has 1 amide bonds. The van der Waals surface area contributed by atoms with Crippen LogP contribution in [0.25, 0.3) is 0 Å². The van der Waals surface area contributed by atoms with Gasteiger partial charge in [0.1, 0.15) is 0 Å². The van der Waals surface area contributed by atoms with E-state index in [9.17, 15) is 4.79 Å². The maximum absolute atomic E-state index is 11.4. The first kappa shape index (κ1) is 10.5. The van der Waals surface area contributed by atoms with E-state index in [2.05, 4.69) is 12.2 Å². The molecule has 1 aliphatic heterocycles. The van der Waals surface area contributed by atoms with Crippen LogP contribution in [0.4, 0.5) is 0 Å². The average Bonchev–Trinajstić information content (AvgIpc) is 2.48. The number of ether oxygens (including phenoxy) is 1. The van der Waals surface area contributed by atoms with Gasteiger partial charge in [0.25, 0.3) is 0 Å². The first-order valence-electron chi connectivity index (χ1n) is 4.81. The molecular weight excluding hydrogens is 168 g/mol. The summed E-state index contributed by atoms with van der Waals surface area (Å²) in [5.41, 5.74) is 0. The third-order valence-corrected chi connectivity index (χ3v) is 2.32. The Bertz CT molecular complexity index is 173. The largest absolute Gasteiger partial charge is 0.385 e. The van der Waals surface area contributed by atoms with Crippen LogP contribution in [0.5, 0.6) is 0 Å². The molecule has 0 radical (unpaired) electrons. The molecule has 1 saturated heterocycles. The van der Waals surface area contributed by atoms with Crippen LogP contribution in [0.2, 0.25) is 0 Å². The smallest absolute Gasteiger partial charge is 0.237 e. The molecule has 0 saturated carbocycles. The summed E-state index contributed by atoms with van der Waals surface area (Å²) in [6.45, 7) is 4.10. The van der Waals surface area contributed by atoms with Crippen molar-refractivity contribution in [2.24, 2.45) is 0 Å². The van der Waals surface area contributed by atoms with Gasteiger partial charge in [-0.25, -0.2) is 0 Å². The fraction of sp³-hybridized carbons (Fsp3) is 0.889. The molecular formula is C9H18N2O2. The number of nitrogens with zero attached hydrogens (tertiary/aromatic N) is 1. The summed E-state index contributed by atoms with van der Waals surface area (Å²) in [4.78, 5) is 13.3. The lowest BCUT2D eigenvalue weighted by Gasteiger charge is -2.22. The molecule has 1 N–H and O–H groups in total. The highest BCUT2D eigenvalue weighted by Gasteiger charge is 2.27. The van der Waals surface area contributed by atoms with Crippen LogP contribution in [-0.4, -0.2) is 43.8 Å². The summed E-state index contributed by atoms with van der Waals surface area (Å²) in [5, 5.41) is 3.17. The van der Waals surface area contributed by atoms with Gasteiger partial charge in [-0.3, -0.25) is 10.1 Å². The first-order valence-corrected chi connectivity index (χ1v) is 4.81. The summed E-state index contributed by atoms with van der Waals surface area (Å²) in [6.07, 6.45) is 2.13. The Hall–Kier alpha value is -0.610. The molecule has 0 aromatic heterocycles.